The van der Waals surface area contributed by atoms with Crippen molar-refractivity contribution in [2.45, 2.75) is 33.2 Å². The van der Waals surface area contributed by atoms with Gasteiger partial charge in [0.1, 0.15) is 0 Å². The lowest BCUT2D eigenvalue weighted by atomic mass is 10.0. The summed E-state index contributed by atoms with van der Waals surface area (Å²) in [5, 5.41) is 18.0. The third kappa shape index (κ3) is 3.63. The lowest BCUT2D eigenvalue weighted by Crippen LogP contribution is -2.40. The average Bonchev–Trinajstić information content (AvgIpc) is 2.93. The fourth-order valence-electron chi connectivity index (χ4n) is 2.17. The van der Waals surface area contributed by atoms with Gasteiger partial charge in [0, 0.05) is 30.3 Å². The van der Waals surface area contributed by atoms with Gasteiger partial charge < -0.3 is 10.4 Å². The van der Waals surface area contributed by atoms with Crippen molar-refractivity contribution < 1.29 is 14.7 Å². The summed E-state index contributed by atoms with van der Waals surface area (Å²) in [6.45, 7) is 6.11. The van der Waals surface area contributed by atoms with Gasteiger partial charge in [-0.2, -0.15) is 5.10 Å². The van der Waals surface area contributed by atoms with Gasteiger partial charge in [-0.25, -0.2) is 0 Å². The second-order valence-electron chi connectivity index (χ2n) is 5.64. The molecule has 1 aromatic carbocycles. The van der Waals surface area contributed by atoms with E-state index < -0.39 is 17.9 Å². The van der Waals surface area contributed by atoms with Gasteiger partial charge in [-0.3, -0.25) is 14.6 Å². The van der Waals surface area contributed by atoms with Gasteiger partial charge >= 0.3 is 5.97 Å². The van der Waals surface area contributed by atoms with Crippen molar-refractivity contribution in [3.63, 3.8) is 0 Å². The fourth-order valence-corrected chi connectivity index (χ4v) is 2.17. The molecular formula is C16H21N3O3. The summed E-state index contributed by atoms with van der Waals surface area (Å²) < 4.78 is 0. The molecule has 6 nitrogen and oxygen atoms in total. The Bertz CT molecular complexity index is 595. The summed E-state index contributed by atoms with van der Waals surface area (Å²) in [6, 6.07) is 6.72. The van der Waals surface area contributed by atoms with Crippen LogP contribution in [-0.4, -0.2) is 35.3 Å². The molecule has 0 bridgehead atoms. The molecule has 22 heavy (non-hydrogen) atoms. The van der Waals surface area contributed by atoms with Gasteiger partial charge in [-0.05, 0) is 45.0 Å². The van der Waals surface area contributed by atoms with Gasteiger partial charge in [0.15, 0.2) is 0 Å². The Kier molecular flexibility index (Phi) is 4.80. The first-order chi connectivity index (χ1) is 10.4. The SMILES string of the molecule is CC1=NN(c2ccc(C(=O)NC(C)C(C)C(=O)O)cc2)CC1. The van der Waals surface area contributed by atoms with E-state index in [4.69, 9.17) is 5.11 Å². The number of carboxylic acid groups (broad SMARTS) is 1. The van der Waals surface area contributed by atoms with Crippen molar-refractivity contribution in [2.24, 2.45) is 11.0 Å². The van der Waals surface area contributed by atoms with Crippen molar-refractivity contribution >= 4 is 23.3 Å². The quantitative estimate of drug-likeness (QED) is 0.873. The largest absolute Gasteiger partial charge is 0.481 e. The van der Waals surface area contributed by atoms with Crippen LogP contribution < -0.4 is 10.3 Å². The molecule has 0 fully saturated rings. The maximum absolute atomic E-state index is 12.1. The van der Waals surface area contributed by atoms with E-state index in [-0.39, 0.29) is 5.91 Å². The zero-order valence-electron chi connectivity index (χ0n) is 13.0. The number of hydrogen-bond donors (Lipinski definition) is 2. The van der Waals surface area contributed by atoms with Crippen LogP contribution in [0.5, 0.6) is 0 Å². The second-order valence-corrected chi connectivity index (χ2v) is 5.64. The molecule has 2 atom stereocenters. The maximum atomic E-state index is 12.1. The number of aliphatic carboxylic acids is 1. The summed E-state index contributed by atoms with van der Waals surface area (Å²) in [5.74, 6) is -1.83. The molecule has 118 valence electrons. The zero-order chi connectivity index (χ0) is 16.3. The Hall–Kier alpha value is -2.37. The van der Waals surface area contributed by atoms with Crippen LogP contribution in [-0.2, 0) is 4.79 Å². The minimum Gasteiger partial charge on any atom is -0.481 e. The summed E-state index contributed by atoms with van der Waals surface area (Å²) in [5.41, 5.74) is 2.55. The van der Waals surface area contributed by atoms with E-state index in [1.807, 2.05) is 24.1 Å². The first kappa shape index (κ1) is 16.0. The molecule has 2 rings (SSSR count). The van der Waals surface area contributed by atoms with E-state index in [0.29, 0.717) is 5.56 Å². The first-order valence-corrected chi connectivity index (χ1v) is 7.34. The molecule has 0 saturated heterocycles. The Balaban J connectivity index is 2.01. The Morgan fingerprint density at radius 1 is 1.27 bits per heavy atom. The van der Waals surface area contributed by atoms with Crippen LogP contribution in [0.1, 0.15) is 37.6 Å². The van der Waals surface area contributed by atoms with Crippen LogP contribution in [0.4, 0.5) is 5.69 Å². The minimum atomic E-state index is -0.926. The highest BCUT2D eigenvalue weighted by atomic mass is 16.4. The number of amides is 1. The van der Waals surface area contributed by atoms with Crippen molar-refractivity contribution in [1.29, 1.82) is 0 Å². The van der Waals surface area contributed by atoms with Gasteiger partial charge in [0.05, 0.1) is 11.6 Å². The number of carbonyl (C=O) groups excluding carboxylic acids is 1. The molecular weight excluding hydrogens is 282 g/mol. The third-order valence-corrected chi connectivity index (χ3v) is 3.90. The van der Waals surface area contributed by atoms with Crippen LogP contribution in [0.15, 0.2) is 29.4 Å². The van der Waals surface area contributed by atoms with E-state index in [1.165, 1.54) is 0 Å². The standard InChI is InChI=1S/C16H21N3O3/c1-10-8-9-19(18-10)14-6-4-13(5-7-14)15(20)17-12(3)11(2)16(21)22/h4-7,11-12H,8-9H2,1-3H3,(H,17,20)(H,21,22). The number of hydrogen-bond acceptors (Lipinski definition) is 4. The molecule has 1 aliphatic rings. The van der Waals surface area contributed by atoms with Gasteiger partial charge in [-0.15, -0.1) is 0 Å². The fraction of sp³-hybridized carbons (Fsp3) is 0.438. The number of rotatable bonds is 5. The molecule has 0 spiro atoms. The molecule has 1 aliphatic heterocycles. The van der Waals surface area contributed by atoms with E-state index >= 15 is 0 Å². The maximum Gasteiger partial charge on any atom is 0.308 e. The number of anilines is 1. The van der Waals surface area contributed by atoms with E-state index in [2.05, 4.69) is 10.4 Å². The summed E-state index contributed by atoms with van der Waals surface area (Å²) >= 11 is 0. The van der Waals surface area contributed by atoms with Crippen molar-refractivity contribution in [1.82, 2.24) is 5.32 Å². The summed E-state index contributed by atoms with van der Waals surface area (Å²) in [4.78, 5) is 23.0. The molecule has 2 N–H and O–H groups in total. The Morgan fingerprint density at radius 2 is 1.91 bits per heavy atom. The van der Waals surface area contributed by atoms with Crippen LogP contribution in [0.25, 0.3) is 0 Å². The highest BCUT2D eigenvalue weighted by Gasteiger charge is 2.21. The number of nitrogens with zero attached hydrogens (tertiary/aromatic N) is 2. The van der Waals surface area contributed by atoms with Crippen molar-refractivity contribution in [3.8, 4) is 0 Å². The highest BCUT2D eigenvalue weighted by Crippen LogP contribution is 2.20. The highest BCUT2D eigenvalue weighted by molar-refractivity contribution is 5.95. The lowest BCUT2D eigenvalue weighted by Gasteiger charge is -2.18. The molecule has 6 heteroatoms. The van der Waals surface area contributed by atoms with Crippen molar-refractivity contribution in [2.75, 3.05) is 11.6 Å². The monoisotopic (exact) mass is 303 g/mol. The number of benzene rings is 1. The Labute approximate surface area is 129 Å². The van der Waals surface area contributed by atoms with Gasteiger partial charge in [0.2, 0.25) is 0 Å². The smallest absolute Gasteiger partial charge is 0.308 e. The number of hydrazone groups is 1. The van der Waals surface area contributed by atoms with Crippen molar-refractivity contribution in [3.05, 3.63) is 29.8 Å². The molecule has 1 aromatic rings. The molecule has 1 heterocycles. The number of nitrogens with one attached hydrogen (secondary N) is 1. The summed E-state index contributed by atoms with van der Waals surface area (Å²) in [7, 11) is 0. The van der Waals surface area contributed by atoms with E-state index in [1.54, 1.807) is 26.0 Å². The Morgan fingerprint density at radius 3 is 2.41 bits per heavy atom. The van der Waals surface area contributed by atoms with Crippen LogP contribution >= 0.6 is 0 Å². The van der Waals surface area contributed by atoms with E-state index in [9.17, 15) is 9.59 Å². The van der Waals surface area contributed by atoms with Crippen LogP contribution in [0.2, 0.25) is 0 Å². The van der Waals surface area contributed by atoms with Crippen LogP contribution in [0, 0.1) is 5.92 Å². The number of carboxylic acids is 1. The first-order valence-electron chi connectivity index (χ1n) is 7.34. The predicted molar refractivity (Wildman–Crippen MR) is 85.2 cm³/mol. The average molecular weight is 303 g/mol. The van der Waals surface area contributed by atoms with Gasteiger partial charge in [0.25, 0.3) is 5.91 Å². The molecule has 1 amide bonds. The third-order valence-electron chi connectivity index (χ3n) is 3.90. The van der Waals surface area contributed by atoms with Gasteiger partial charge in [-0.1, -0.05) is 0 Å². The predicted octanol–water partition coefficient (Wildman–Crippen LogP) is 2.11. The minimum absolute atomic E-state index is 0.270. The molecule has 0 radical (unpaired) electrons. The molecule has 0 saturated carbocycles. The van der Waals surface area contributed by atoms with E-state index in [0.717, 1.165) is 24.4 Å². The van der Waals surface area contributed by atoms with Crippen LogP contribution in [0.3, 0.4) is 0 Å². The normalized spacial score (nSPS) is 16.9. The molecule has 0 aromatic heterocycles. The topological polar surface area (TPSA) is 82.0 Å². The number of carbonyl (C=O) groups is 2. The lowest BCUT2D eigenvalue weighted by molar-refractivity contribution is -0.141. The molecule has 0 aliphatic carbocycles. The zero-order valence-corrected chi connectivity index (χ0v) is 13.0. The summed E-state index contributed by atoms with van der Waals surface area (Å²) in [6.07, 6.45) is 0.951. The molecule has 2 unspecified atom stereocenters. The second kappa shape index (κ2) is 6.60.